The van der Waals surface area contributed by atoms with E-state index < -0.39 is 10.0 Å². The molecule has 19 heavy (non-hydrogen) atoms. The van der Waals surface area contributed by atoms with Gasteiger partial charge in [0.2, 0.25) is 10.0 Å². The molecule has 2 N–H and O–H groups in total. The van der Waals surface area contributed by atoms with Gasteiger partial charge in [0, 0.05) is 6.54 Å². The van der Waals surface area contributed by atoms with E-state index in [1.165, 1.54) is 12.8 Å². The van der Waals surface area contributed by atoms with Gasteiger partial charge in [-0.05, 0) is 52.1 Å². The first-order valence-electron chi connectivity index (χ1n) is 6.64. The van der Waals surface area contributed by atoms with Gasteiger partial charge in [-0.2, -0.15) is 0 Å². The molecule has 0 bridgehead atoms. The van der Waals surface area contributed by atoms with Gasteiger partial charge >= 0.3 is 0 Å². The van der Waals surface area contributed by atoms with Gasteiger partial charge in [-0.15, -0.1) is 0 Å². The highest BCUT2D eigenvalue weighted by molar-refractivity contribution is 7.89. The standard InChI is InChI=1S/C12H21N3O3S/c1-9-12(10(2)18-15-9)19(16,17)14-7-5-11-4-3-6-13-8-11/h11,13-14H,3-8H2,1-2H3. The molecule has 108 valence electrons. The Bertz CT molecular complexity index is 499. The maximum absolute atomic E-state index is 12.1. The van der Waals surface area contributed by atoms with Crippen molar-refractivity contribution in [1.82, 2.24) is 15.2 Å². The van der Waals surface area contributed by atoms with Crippen molar-refractivity contribution in [3.05, 3.63) is 11.5 Å². The van der Waals surface area contributed by atoms with Crippen LogP contribution in [-0.4, -0.2) is 33.2 Å². The maximum Gasteiger partial charge on any atom is 0.245 e. The zero-order valence-corrected chi connectivity index (χ0v) is 12.2. The summed E-state index contributed by atoms with van der Waals surface area (Å²) in [7, 11) is -3.51. The van der Waals surface area contributed by atoms with E-state index in [0.717, 1.165) is 19.5 Å². The average molecular weight is 287 g/mol. The molecule has 0 aliphatic carbocycles. The molecule has 6 nitrogen and oxygen atoms in total. The minimum atomic E-state index is -3.51. The SMILES string of the molecule is Cc1noc(C)c1S(=O)(=O)NCCC1CCCNC1. The second-order valence-electron chi connectivity index (χ2n) is 5.05. The molecular formula is C12H21N3O3S. The molecule has 1 aliphatic rings. The predicted octanol–water partition coefficient (Wildman–Crippen LogP) is 0.959. The van der Waals surface area contributed by atoms with Gasteiger partial charge in [-0.3, -0.25) is 0 Å². The Morgan fingerprint density at radius 2 is 2.26 bits per heavy atom. The topological polar surface area (TPSA) is 84.2 Å². The van der Waals surface area contributed by atoms with Gasteiger partial charge in [-0.1, -0.05) is 5.16 Å². The summed E-state index contributed by atoms with van der Waals surface area (Å²) in [6.45, 7) is 5.75. The third kappa shape index (κ3) is 3.55. The molecule has 0 aromatic carbocycles. The van der Waals surface area contributed by atoms with Gasteiger partial charge in [0.05, 0.1) is 0 Å². The Kier molecular flexibility index (Phi) is 4.59. The van der Waals surface area contributed by atoms with Crippen LogP contribution in [0.25, 0.3) is 0 Å². The third-order valence-corrected chi connectivity index (χ3v) is 5.18. The first kappa shape index (κ1) is 14.5. The highest BCUT2D eigenvalue weighted by Crippen LogP contribution is 2.19. The van der Waals surface area contributed by atoms with Crippen LogP contribution >= 0.6 is 0 Å². The Morgan fingerprint density at radius 1 is 1.47 bits per heavy atom. The van der Waals surface area contributed by atoms with E-state index in [1.54, 1.807) is 13.8 Å². The predicted molar refractivity (Wildman–Crippen MR) is 71.4 cm³/mol. The Hall–Kier alpha value is -0.920. The van der Waals surface area contributed by atoms with Crippen LogP contribution in [0.2, 0.25) is 0 Å². The number of aromatic nitrogens is 1. The summed E-state index contributed by atoms with van der Waals surface area (Å²) in [5.41, 5.74) is 0.407. The number of nitrogens with one attached hydrogen (secondary N) is 2. The second-order valence-corrected chi connectivity index (χ2v) is 6.76. The molecule has 0 radical (unpaired) electrons. The zero-order valence-electron chi connectivity index (χ0n) is 11.4. The number of hydrogen-bond donors (Lipinski definition) is 2. The quantitative estimate of drug-likeness (QED) is 0.842. The van der Waals surface area contributed by atoms with Crippen molar-refractivity contribution < 1.29 is 12.9 Å². The normalized spacial score (nSPS) is 20.6. The second kappa shape index (κ2) is 6.02. The van der Waals surface area contributed by atoms with Crippen molar-refractivity contribution in [2.75, 3.05) is 19.6 Å². The molecule has 2 rings (SSSR count). The molecule has 0 amide bonds. The van der Waals surface area contributed by atoms with E-state index in [2.05, 4.69) is 15.2 Å². The molecule has 7 heteroatoms. The van der Waals surface area contributed by atoms with Gasteiger partial charge < -0.3 is 9.84 Å². The molecule has 1 atom stereocenters. The molecular weight excluding hydrogens is 266 g/mol. The average Bonchev–Trinajstić information content (AvgIpc) is 2.70. The highest BCUT2D eigenvalue weighted by atomic mass is 32.2. The molecule has 1 fully saturated rings. The first-order valence-corrected chi connectivity index (χ1v) is 8.12. The molecule has 1 aromatic rings. The van der Waals surface area contributed by atoms with Gasteiger partial charge in [-0.25, -0.2) is 13.1 Å². The van der Waals surface area contributed by atoms with Crippen LogP contribution in [-0.2, 0) is 10.0 Å². The van der Waals surface area contributed by atoms with Crippen molar-refractivity contribution in [2.24, 2.45) is 5.92 Å². The lowest BCUT2D eigenvalue weighted by Gasteiger charge is -2.22. The first-order chi connectivity index (χ1) is 9.00. The van der Waals surface area contributed by atoms with Crippen molar-refractivity contribution in [3.63, 3.8) is 0 Å². The van der Waals surface area contributed by atoms with Gasteiger partial charge in [0.1, 0.15) is 10.6 Å². The zero-order chi connectivity index (χ0) is 13.9. The van der Waals surface area contributed by atoms with Gasteiger partial charge in [0.25, 0.3) is 0 Å². The number of rotatable bonds is 5. The maximum atomic E-state index is 12.1. The molecule has 1 aliphatic heterocycles. The minimum absolute atomic E-state index is 0.175. The van der Waals surface area contributed by atoms with E-state index in [9.17, 15) is 8.42 Å². The lowest BCUT2D eigenvalue weighted by molar-refractivity contribution is 0.358. The van der Waals surface area contributed by atoms with E-state index in [0.29, 0.717) is 23.9 Å². The summed E-state index contributed by atoms with van der Waals surface area (Å²) >= 11 is 0. The van der Waals surface area contributed by atoms with Crippen LogP contribution in [0.4, 0.5) is 0 Å². The monoisotopic (exact) mass is 287 g/mol. The van der Waals surface area contributed by atoms with Crippen LogP contribution in [0.3, 0.4) is 0 Å². The fourth-order valence-electron chi connectivity index (χ4n) is 2.50. The molecule has 0 spiro atoms. The summed E-state index contributed by atoms with van der Waals surface area (Å²) in [5.74, 6) is 0.894. The van der Waals surface area contributed by atoms with E-state index in [-0.39, 0.29) is 4.90 Å². The van der Waals surface area contributed by atoms with E-state index in [1.807, 2.05) is 0 Å². The van der Waals surface area contributed by atoms with E-state index >= 15 is 0 Å². The Morgan fingerprint density at radius 3 is 2.84 bits per heavy atom. The van der Waals surface area contributed by atoms with Crippen LogP contribution in [0.15, 0.2) is 9.42 Å². The third-order valence-electron chi connectivity index (χ3n) is 3.48. The summed E-state index contributed by atoms with van der Waals surface area (Å²) in [4.78, 5) is 0.175. The largest absolute Gasteiger partial charge is 0.360 e. The van der Waals surface area contributed by atoms with Crippen molar-refractivity contribution >= 4 is 10.0 Å². The minimum Gasteiger partial charge on any atom is -0.360 e. The highest BCUT2D eigenvalue weighted by Gasteiger charge is 2.24. The van der Waals surface area contributed by atoms with Crippen molar-refractivity contribution in [2.45, 2.75) is 38.0 Å². The van der Waals surface area contributed by atoms with Crippen LogP contribution in [0, 0.1) is 19.8 Å². The molecule has 1 saturated heterocycles. The fourth-order valence-corrected chi connectivity index (χ4v) is 3.87. The number of sulfonamides is 1. The van der Waals surface area contributed by atoms with Gasteiger partial charge in [0.15, 0.2) is 5.76 Å². The Labute approximate surface area is 114 Å². The van der Waals surface area contributed by atoms with Crippen molar-refractivity contribution in [3.8, 4) is 0 Å². The fraction of sp³-hybridized carbons (Fsp3) is 0.750. The number of piperidine rings is 1. The van der Waals surface area contributed by atoms with Crippen LogP contribution in [0.5, 0.6) is 0 Å². The molecule has 1 aromatic heterocycles. The summed E-state index contributed by atoms with van der Waals surface area (Å²) in [6.07, 6.45) is 3.19. The molecule has 1 unspecified atom stereocenters. The number of hydrogen-bond acceptors (Lipinski definition) is 5. The van der Waals surface area contributed by atoms with Crippen LogP contribution in [0.1, 0.15) is 30.7 Å². The summed E-state index contributed by atoms with van der Waals surface area (Å²) < 4.78 is 31.8. The lowest BCUT2D eigenvalue weighted by Crippen LogP contribution is -2.33. The number of nitrogens with zero attached hydrogens (tertiary/aromatic N) is 1. The molecule has 0 saturated carbocycles. The molecule has 2 heterocycles. The number of aryl methyl sites for hydroxylation is 2. The lowest BCUT2D eigenvalue weighted by atomic mass is 9.96. The Balaban J connectivity index is 1.91. The van der Waals surface area contributed by atoms with Crippen LogP contribution < -0.4 is 10.0 Å². The summed E-state index contributed by atoms with van der Waals surface area (Å²) in [5, 5.41) is 7.00. The summed E-state index contributed by atoms with van der Waals surface area (Å²) in [6, 6.07) is 0. The van der Waals surface area contributed by atoms with E-state index in [4.69, 9.17) is 4.52 Å². The smallest absolute Gasteiger partial charge is 0.245 e. The van der Waals surface area contributed by atoms with Crippen molar-refractivity contribution in [1.29, 1.82) is 0 Å².